The van der Waals surface area contributed by atoms with Gasteiger partial charge in [-0.2, -0.15) is 13.2 Å². The maximum atomic E-state index is 11.8. The molecule has 0 spiro atoms. The van der Waals surface area contributed by atoms with Crippen molar-refractivity contribution in [3.05, 3.63) is 23.9 Å². The molecule has 0 saturated heterocycles. The number of alkyl halides is 3. The van der Waals surface area contributed by atoms with Gasteiger partial charge in [-0.05, 0) is 18.1 Å². The van der Waals surface area contributed by atoms with E-state index in [0.29, 0.717) is 5.69 Å². The average molecular weight is 301 g/mol. The number of aromatic nitrogens is 1. The van der Waals surface area contributed by atoms with E-state index in [4.69, 9.17) is 5.73 Å². The molecule has 114 valence electrons. The predicted molar refractivity (Wildman–Crippen MR) is 70.3 cm³/mol. The number of hydrogen-bond donors (Lipinski definition) is 2. The number of pyridine rings is 1. The molecular weight excluding hydrogens is 287 g/mol. The molecule has 0 aliphatic heterocycles. The first kappa shape index (κ1) is 16.9. The lowest BCUT2D eigenvalue weighted by Gasteiger charge is -2.08. The predicted octanol–water partition coefficient (Wildman–Crippen LogP) is 1.30. The summed E-state index contributed by atoms with van der Waals surface area (Å²) in [6.45, 7) is -1.50. The number of hydrogen-bond acceptors (Lipinski definition) is 4. The van der Waals surface area contributed by atoms with Gasteiger partial charge in [0.25, 0.3) is 0 Å². The van der Waals surface area contributed by atoms with Crippen LogP contribution >= 0.6 is 0 Å². The van der Waals surface area contributed by atoms with Crippen molar-refractivity contribution in [3.8, 4) is 11.8 Å². The quantitative estimate of drug-likeness (QED) is 0.635. The molecule has 1 aromatic rings. The zero-order valence-corrected chi connectivity index (χ0v) is 11.0. The summed E-state index contributed by atoms with van der Waals surface area (Å²) in [6.07, 6.45) is -4.59. The van der Waals surface area contributed by atoms with Gasteiger partial charge in [0.1, 0.15) is 18.1 Å². The van der Waals surface area contributed by atoms with E-state index in [0.717, 1.165) is 0 Å². The van der Waals surface area contributed by atoms with Crippen molar-refractivity contribution in [3.63, 3.8) is 0 Å². The van der Waals surface area contributed by atoms with Gasteiger partial charge in [-0.25, -0.2) is 4.98 Å². The number of nitrogens with two attached hydrogens (primary N) is 1. The fraction of sp³-hybridized carbons (Fsp3) is 0.385. The molecule has 0 bridgehead atoms. The second-order valence-electron chi connectivity index (χ2n) is 3.88. The normalized spacial score (nSPS) is 10.7. The topological polar surface area (TPSA) is 77.2 Å². The van der Waals surface area contributed by atoms with Crippen molar-refractivity contribution < 1.29 is 22.7 Å². The standard InChI is InChI=1S/C13H14F3N3O2/c14-13(15,16)9-21-8-6-12(20)19-11-5-1-3-10(18-11)4-2-7-17/h1,3,5H,6-9,17H2,(H,18,19,20). The van der Waals surface area contributed by atoms with Crippen molar-refractivity contribution in [2.45, 2.75) is 12.6 Å². The molecule has 0 aliphatic carbocycles. The maximum absolute atomic E-state index is 11.8. The number of halogens is 3. The molecule has 21 heavy (non-hydrogen) atoms. The minimum atomic E-state index is -4.39. The van der Waals surface area contributed by atoms with Crippen LogP contribution < -0.4 is 11.1 Å². The SMILES string of the molecule is NCC#Cc1cccc(NC(=O)CCOCC(F)(F)F)n1. The summed E-state index contributed by atoms with van der Waals surface area (Å²) in [7, 11) is 0. The van der Waals surface area contributed by atoms with Crippen LogP contribution in [0.1, 0.15) is 12.1 Å². The lowest BCUT2D eigenvalue weighted by molar-refractivity contribution is -0.174. The van der Waals surface area contributed by atoms with Crippen LogP contribution in [0.3, 0.4) is 0 Å². The van der Waals surface area contributed by atoms with Crippen molar-refractivity contribution in [1.82, 2.24) is 4.98 Å². The molecule has 0 atom stereocenters. The summed E-state index contributed by atoms with van der Waals surface area (Å²) < 4.78 is 39.8. The minimum absolute atomic E-state index is 0.189. The van der Waals surface area contributed by atoms with Crippen molar-refractivity contribution in [1.29, 1.82) is 0 Å². The molecule has 0 fully saturated rings. The average Bonchev–Trinajstić information content (AvgIpc) is 2.41. The molecule has 0 unspecified atom stereocenters. The Morgan fingerprint density at radius 1 is 1.43 bits per heavy atom. The Kier molecular flexibility index (Phi) is 6.65. The van der Waals surface area contributed by atoms with E-state index < -0.39 is 18.7 Å². The van der Waals surface area contributed by atoms with Gasteiger partial charge >= 0.3 is 6.18 Å². The molecule has 1 rings (SSSR count). The van der Waals surface area contributed by atoms with E-state index in [2.05, 4.69) is 26.9 Å². The van der Waals surface area contributed by atoms with Gasteiger partial charge in [0, 0.05) is 0 Å². The zero-order valence-electron chi connectivity index (χ0n) is 11.0. The molecule has 0 saturated carbocycles. The van der Waals surface area contributed by atoms with Crippen LogP contribution in [0.25, 0.3) is 0 Å². The Hall–Kier alpha value is -2.11. The molecular formula is C13H14F3N3O2. The molecule has 0 radical (unpaired) electrons. The van der Waals surface area contributed by atoms with E-state index >= 15 is 0 Å². The summed E-state index contributed by atoms with van der Waals surface area (Å²) in [5, 5.41) is 2.45. The summed E-state index contributed by atoms with van der Waals surface area (Å²) in [5.41, 5.74) is 5.67. The first-order valence-electron chi connectivity index (χ1n) is 6.01. The van der Waals surface area contributed by atoms with Gasteiger partial charge < -0.3 is 15.8 Å². The van der Waals surface area contributed by atoms with E-state index in [1.165, 1.54) is 0 Å². The van der Waals surface area contributed by atoms with Crippen molar-refractivity contribution >= 4 is 11.7 Å². The summed E-state index contributed by atoms with van der Waals surface area (Å²) >= 11 is 0. The highest BCUT2D eigenvalue weighted by molar-refractivity contribution is 5.89. The van der Waals surface area contributed by atoms with Crippen LogP contribution in [-0.4, -0.2) is 36.8 Å². The monoisotopic (exact) mass is 301 g/mol. The molecule has 3 N–H and O–H groups in total. The zero-order chi connectivity index (χ0) is 15.7. The minimum Gasteiger partial charge on any atom is -0.372 e. The van der Waals surface area contributed by atoms with E-state index in [1.807, 2.05) is 0 Å². The molecule has 5 nitrogen and oxygen atoms in total. The van der Waals surface area contributed by atoms with Crippen LogP contribution in [0.15, 0.2) is 18.2 Å². The summed E-state index contributed by atoms with van der Waals surface area (Å²) in [5.74, 6) is 5.09. The molecule has 8 heteroatoms. The smallest absolute Gasteiger partial charge is 0.372 e. The van der Waals surface area contributed by atoms with Gasteiger partial charge in [0.2, 0.25) is 5.91 Å². The van der Waals surface area contributed by atoms with Crippen LogP contribution in [-0.2, 0) is 9.53 Å². The fourth-order valence-electron chi connectivity index (χ4n) is 1.27. The van der Waals surface area contributed by atoms with Crippen LogP contribution in [0.2, 0.25) is 0 Å². The third-order valence-corrected chi connectivity index (χ3v) is 2.07. The van der Waals surface area contributed by atoms with E-state index in [9.17, 15) is 18.0 Å². The highest BCUT2D eigenvalue weighted by atomic mass is 19.4. The number of nitrogens with zero attached hydrogens (tertiary/aromatic N) is 1. The van der Waals surface area contributed by atoms with Gasteiger partial charge in [-0.1, -0.05) is 12.0 Å². The lowest BCUT2D eigenvalue weighted by atomic mass is 10.3. The molecule has 1 heterocycles. The van der Waals surface area contributed by atoms with Gasteiger partial charge in [-0.15, -0.1) is 0 Å². The van der Waals surface area contributed by atoms with E-state index in [-0.39, 0.29) is 25.4 Å². The van der Waals surface area contributed by atoms with Crippen molar-refractivity contribution in [2.75, 3.05) is 25.1 Å². The van der Waals surface area contributed by atoms with Gasteiger partial charge in [-0.3, -0.25) is 4.79 Å². The van der Waals surface area contributed by atoms with Crippen LogP contribution in [0.4, 0.5) is 19.0 Å². The third kappa shape index (κ3) is 7.91. The lowest BCUT2D eigenvalue weighted by Crippen LogP contribution is -2.20. The number of nitrogens with one attached hydrogen (secondary N) is 1. The number of carbonyl (C=O) groups is 1. The molecule has 1 amide bonds. The Labute approximate surface area is 119 Å². The second-order valence-corrected chi connectivity index (χ2v) is 3.88. The first-order valence-corrected chi connectivity index (χ1v) is 6.01. The Balaban J connectivity index is 2.41. The molecule has 0 aromatic carbocycles. The van der Waals surface area contributed by atoms with Gasteiger partial charge in [0.05, 0.1) is 19.6 Å². The highest BCUT2D eigenvalue weighted by Gasteiger charge is 2.27. The van der Waals surface area contributed by atoms with Crippen molar-refractivity contribution in [2.24, 2.45) is 5.73 Å². The van der Waals surface area contributed by atoms with Gasteiger partial charge in [0.15, 0.2) is 0 Å². The second kappa shape index (κ2) is 8.24. The van der Waals surface area contributed by atoms with Crippen LogP contribution in [0, 0.1) is 11.8 Å². The Morgan fingerprint density at radius 2 is 2.19 bits per heavy atom. The van der Waals surface area contributed by atoms with Crippen LogP contribution in [0.5, 0.6) is 0 Å². The number of anilines is 1. The Morgan fingerprint density at radius 3 is 2.86 bits per heavy atom. The summed E-state index contributed by atoms with van der Waals surface area (Å²) in [4.78, 5) is 15.5. The Bertz CT molecular complexity index is 535. The molecule has 0 aliphatic rings. The van der Waals surface area contributed by atoms with E-state index in [1.54, 1.807) is 18.2 Å². The number of ether oxygens (including phenoxy) is 1. The molecule has 1 aromatic heterocycles. The third-order valence-electron chi connectivity index (χ3n) is 2.07. The number of amides is 1. The highest BCUT2D eigenvalue weighted by Crippen LogP contribution is 2.14. The largest absolute Gasteiger partial charge is 0.411 e. The number of carbonyl (C=O) groups excluding carboxylic acids is 1. The fourth-order valence-corrected chi connectivity index (χ4v) is 1.27. The first-order chi connectivity index (χ1) is 9.90. The summed E-state index contributed by atoms with van der Waals surface area (Å²) in [6, 6.07) is 4.83. The number of rotatable bonds is 5. The maximum Gasteiger partial charge on any atom is 0.411 e.